The Morgan fingerprint density at radius 3 is 2.41 bits per heavy atom. The molecule has 0 saturated carbocycles. The first kappa shape index (κ1) is 13.5. The molecule has 0 fully saturated rings. The molecule has 0 aliphatic carbocycles. The van der Waals surface area contributed by atoms with Crippen molar-refractivity contribution in [2.45, 2.75) is 32.1 Å². The minimum atomic E-state index is -0.593. The molecule has 1 atom stereocenters. The third kappa shape index (κ3) is 2.57. The van der Waals surface area contributed by atoms with Gasteiger partial charge in [0.15, 0.2) is 0 Å². The third-order valence-electron chi connectivity index (χ3n) is 3.28. The molecule has 2 nitrogen and oxygen atoms in total. The average Bonchev–Trinajstić information content (AvgIpc) is 2.36. The number of carbonyl (C=O) groups excluding carboxylic acids is 1. The number of benzene rings is 1. The van der Waals surface area contributed by atoms with Gasteiger partial charge >= 0.3 is 5.97 Å². The molecule has 0 spiro atoms. The Kier molecular flexibility index (Phi) is 4.50. The van der Waals surface area contributed by atoms with Crippen LogP contribution in [0.5, 0.6) is 0 Å². The second-order valence-electron chi connectivity index (χ2n) is 4.29. The van der Waals surface area contributed by atoms with Crippen LogP contribution < -0.4 is 0 Å². The monoisotopic (exact) mass is 232 g/mol. The number of esters is 1. The largest absolute Gasteiger partial charge is 0.468 e. The lowest BCUT2D eigenvalue weighted by Gasteiger charge is -2.29. The van der Waals surface area contributed by atoms with Gasteiger partial charge in [0, 0.05) is 0 Å². The van der Waals surface area contributed by atoms with Crippen LogP contribution in [-0.2, 0) is 14.9 Å². The summed E-state index contributed by atoms with van der Waals surface area (Å²) in [7, 11) is 1.43. The quantitative estimate of drug-likeness (QED) is 0.574. The lowest BCUT2D eigenvalue weighted by atomic mass is 9.75. The van der Waals surface area contributed by atoms with E-state index >= 15 is 0 Å². The van der Waals surface area contributed by atoms with Crippen LogP contribution in [0.4, 0.5) is 0 Å². The number of hydrogen-bond acceptors (Lipinski definition) is 2. The lowest BCUT2D eigenvalue weighted by molar-refractivity contribution is -0.147. The lowest BCUT2D eigenvalue weighted by Crippen LogP contribution is -2.36. The Hall–Kier alpha value is -1.57. The van der Waals surface area contributed by atoms with E-state index in [2.05, 4.69) is 6.58 Å². The number of rotatable bonds is 5. The van der Waals surface area contributed by atoms with Gasteiger partial charge in [-0.05, 0) is 25.3 Å². The summed E-state index contributed by atoms with van der Waals surface area (Å²) in [6, 6.07) is 8.04. The van der Waals surface area contributed by atoms with Crippen LogP contribution in [0.1, 0.15) is 30.9 Å². The summed E-state index contributed by atoms with van der Waals surface area (Å²) in [5.41, 5.74) is 1.59. The standard InChI is InChI=1S/C15H20O2/c1-5-11-15(6-2,14(16)17-4)13-9-7-12(3)8-10-13/h5,7-10H,1,6,11H2,2-4H3. The van der Waals surface area contributed by atoms with Crippen molar-refractivity contribution in [3.63, 3.8) is 0 Å². The van der Waals surface area contributed by atoms with Crippen molar-refractivity contribution < 1.29 is 9.53 Å². The molecule has 0 bridgehead atoms. The highest BCUT2D eigenvalue weighted by Gasteiger charge is 2.38. The first-order chi connectivity index (χ1) is 8.10. The van der Waals surface area contributed by atoms with Crippen LogP contribution in [0.25, 0.3) is 0 Å². The smallest absolute Gasteiger partial charge is 0.316 e. The highest BCUT2D eigenvalue weighted by molar-refractivity contribution is 5.83. The van der Waals surface area contributed by atoms with Crippen LogP contribution in [0, 0.1) is 6.92 Å². The molecular weight excluding hydrogens is 212 g/mol. The van der Waals surface area contributed by atoms with E-state index < -0.39 is 5.41 Å². The van der Waals surface area contributed by atoms with Gasteiger partial charge < -0.3 is 4.74 Å². The van der Waals surface area contributed by atoms with E-state index in [1.807, 2.05) is 38.1 Å². The molecule has 1 aromatic rings. The van der Waals surface area contributed by atoms with Crippen LogP contribution in [0.15, 0.2) is 36.9 Å². The van der Waals surface area contributed by atoms with Crippen molar-refractivity contribution >= 4 is 5.97 Å². The Labute approximate surface area is 103 Å². The molecule has 1 unspecified atom stereocenters. The Morgan fingerprint density at radius 2 is 2.00 bits per heavy atom. The van der Waals surface area contributed by atoms with E-state index in [1.54, 1.807) is 6.08 Å². The van der Waals surface area contributed by atoms with Crippen LogP contribution in [0.2, 0.25) is 0 Å². The molecule has 2 heteroatoms. The maximum Gasteiger partial charge on any atom is 0.316 e. The Morgan fingerprint density at radius 1 is 1.41 bits per heavy atom. The van der Waals surface area contributed by atoms with Gasteiger partial charge in [0.05, 0.1) is 12.5 Å². The highest BCUT2D eigenvalue weighted by Crippen LogP contribution is 2.33. The summed E-state index contributed by atoms with van der Waals surface area (Å²) in [5, 5.41) is 0. The van der Waals surface area contributed by atoms with Gasteiger partial charge in [-0.3, -0.25) is 4.79 Å². The topological polar surface area (TPSA) is 26.3 Å². The zero-order valence-corrected chi connectivity index (χ0v) is 10.8. The van der Waals surface area contributed by atoms with Crippen LogP contribution in [-0.4, -0.2) is 13.1 Å². The molecule has 0 heterocycles. The molecule has 0 N–H and O–H groups in total. The van der Waals surface area contributed by atoms with Gasteiger partial charge in [-0.2, -0.15) is 0 Å². The number of aryl methyl sites for hydroxylation is 1. The van der Waals surface area contributed by atoms with E-state index in [1.165, 1.54) is 12.7 Å². The molecule has 0 amide bonds. The average molecular weight is 232 g/mol. The summed E-state index contributed by atoms with van der Waals surface area (Å²) in [4.78, 5) is 12.1. The van der Waals surface area contributed by atoms with Gasteiger partial charge in [0.2, 0.25) is 0 Å². The molecule has 0 saturated heterocycles. The fourth-order valence-corrected chi connectivity index (χ4v) is 2.13. The summed E-state index contributed by atoms with van der Waals surface area (Å²) in [6.45, 7) is 7.78. The molecule has 17 heavy (non-hydrogen) atoms. The number of hydrogen-bond donors (Lipinski definition) is 0. The van der Waals surface area contributed by atoms with Crippen LogP contribution in [0.3, 0.4) is 0 Å². The normalized spacial score (nSPS) is 13.8. The predicted molar refractivity (Wildman–Crippen MR) is 70.0 cm³/mol. The first-order valence-electron chi connectivity index (χ1n) is 5.87. The molecule has 92 valence electrons. The van der Waals surface area contributed by atoms with E-state index in [-0.39, 0.29) is 5.97 Å². The molecule has 0 aliphatic heterocycles. The van der Waals surface area contributed by atoms with E-state index in [0.29, 0.717) is 12.8 Å². The molecule has 1 rings (SSSR count). The Bertz CT molecular complexity index is 392. The zero-order chi connectivity index (χ0) is 12.9. The van der Waals surface area contributed by atoms with Gasteiger partial charge in [-0.15, -0.1) is 6.58 Å². The SMILES string of the molecule is C=CCC(CC)(C(=O)OC)c1ccc(C)cc1. The van der Waals surface area contributed by atoms with Crippen LogP contribution >= 0.6 is 0 Å². The minimum absolute atomic E-state index is 0.191. The predicted octanol–water partition coefficient (Wildman–Crippen LogP) is 3.39. The van der Waals surface area contributed by atoms with Gasteiger partial charge in [-0.25, -0.2) is 0 Å². The van der Waals surface area contributed by atoms with Crippen molar-refractivity contribution in [1.29, 1.82) is 0 Å². The first-order valence-corrected chi connectivity index (χ1v) is 5.87. The molecule has 0 aliphatic rings. The molecular formula is C15H20O2. The van der Waals surface area contributed by atoms with E-state index in [9.17, 15) is 4.79 Å². The minimum Gasteiger partial charge on any atom is -0.468 e. The fraction of sp³-hybridized carbons (Fsp3) is 0.400. The van der Waals surface area contributed by atoms with Crippen molar-refractivity contribution in [3.8, 4) is 0 Å². The summed E-state index contributed by atoms with van der Waals surface area (Å²) < 4.78 is 4.96. The molecule has 1 aromatic carbocycles. The maximum atomic E-state index is 12.1. The zero-order valence-electron chi connectivity index (χ0n) is 10.8. The summed E-state index contributed by atoms with van der Waals surface area (Å²) >= 11 is 0. The van der Waals surface area contributed by atoms with Crippen molar-refractivity contribution in [2.75, 3.05) is 7.11 Å². The molecule has 0 radical (unpaired) electrons. The number of carbonyl (C=O) groups is 1. The van der Waals surface area contributed by atoms with Gasteiger partial charge in [-0.1, -0.05) is 42.8 Å². The van der Waals surface area contributed by atoms with Gasteiger partial charge in [0.25, 0.3) is 0 Å². The van der Waals surface area contributed by atoms with E-state index in [0.717, 1.165) is 5.56 Å². The van der Waals surface area contributed by atoms with Crippen molar-refractivity contribution in [3.05, 3.63) is 48.0 Å². The second-order valence-corrected chi connectivity index (χ2v) is 4.29. The number of ether oxygens (including phenoxy) is 1. The van der Waals surface area contributed by atoms with Crippen molar-refractivity contribution in [2.24, 2.45) is 0 Å². The highest BCUT2D eigenvalue weighted by atomic mass is 16.5. The molecule has 0 aromatic heterocycles. The number of allylic oxidation sites excluding steroid dienone is 1. The van der Waals surface area contributed by atoms with Crippen molar-refractivity contribution in [1.82, 2.24) is 0 Å². The van der Waals surface area contributed by atoms with E-state index in [4.69, 9.17) is 4.74 Å². The summed E-state index contributed by atoms with van der Waals surface area (Å²) in [6.07, 6.45) is 3.08. The Balaban J connectivity index is 3.25. The van der Waals surface area contributed by atoms with Gasteiger partial charge in [0.1, 0.15) is 0 Å². The third-order valence-corrected chi connectivity index (χ3v) is 3.28. The second kappa shape index (κ2) is 5.67. The maximum absolute atomic E-state index is 12.1. The fourth-order valence-electron chi connectivity index (χ4n) is 2.13. The summed E-state index contributed by atoms with van der Waals surface area (Å²) in [5.74, 6) is -0.191. The number of methoxy groups -OCH3 is 1.